The van der Waals surface area contributed by atoms with Crippen molar-refractivity contribution in [1.82, 2.24) is 0 Å². The maximum Gasteiger partial charge on any atom is 0.433 e. The van der Waals surface area contributed by atoms with Gasteiger partial charge >= 0.3 is 18.1 Å². The lowest BCUT2D eigenvalue weighted by atomic mass is 9.82. The summed E-state index contributed by atoms with van der Waals surface area (Å²) in [5.41, 5.74) is -1.71. The molecule has 0 aromatic heterocycles. The first-order valence-electron chi connectivity index (χ1n) is 14.9. The lowest BCUT2D eigenvalue weighted by Gasteiger charge is -2.37. The van der Waals surface area contributed by atoms with Crippen molar-refractivity contribution in [3.05, 3.63) is 78.4 Å². The Morgan fingerprint density at radius 1 is 0.795 bits per heavy atom. The number of esters is 2. The topological polar surface area (TPSA) is 80.3 Å². The second kappa shape index (κ2) is 17.6. The number of carbonyl (C=O) groups excluding carboxylic acids is 2. The normalized spacial score (nSPS) is 17.8. The SMILES string of the molecule is CCOCCCCCCOC(=O)C1C=CC=C[C@]1(OC(=O)c1ccc(-c2ccc(OCCCCOC)cc2)cc1)C(F)(F)F. The summed E-state index contributed by atoms with van der Waals surface area (Å²) < 4.78 is 69.9. The Kier molecular flexibility index (Phi) is 14.0. The Morgan fingerprint density at radius 3 is 2.05 bits per heavy atom. The Hall–Kier alpha value is -3.63. The van der Waals surface area contributed by atoms with Crippen LogP contribution in [0, 0.1) is 5.92 Å². The highest BCUT2D eigenvalue weighted by Gasteiger charge is 2.64. The van der Waals surface area contributed by atoms with Crippen LogP contribution in [-0.2, 0) is 23.7 Å². The molecule has 2 aromatic rings. The molecule has 0 saturated carbocycles. The van der Waals surface area contributed by atoms with Gasteiger partial charge in [-0.25, -0.2) is 4.79 Å². The fourth-order valence-corrected chi connectivity index (χ4v) is 4.66. The number of ether oxygens (including phenoxy) is 5. The number of unbranched alkanes of at least 4 members (excludes halogenated alkanes) is 4. The predicted octanol–water partition coefficient (Wildman–Crippen LogP) is 7.50. The second-order valence-electron chi connectivity index (χ2n) is 10.3. The molecule has 0 bridgehead atoms. The van der Waals surface area contributed by atoms with E-state index in [2.05, 4.69) is 0 Å². The average molecular weight is 619 g/mol. The molecular weight excluding hydrogens is 577 g/mol. The minimum absolute atomic E-state index is 0.0354. The summed E-state index contributed by atoms with van der Waals surface area (Å²) in [6.07, 6.45) is 3.80. The minimum Gasteiger partial charge on any atom is -0.494 e. The molecular formula is C34H41F3O7. The number of hydrogen-bond donors (Lipinski definition) is 0. The molecule has 0 radical (unpaired) electrons. The van der Waals surface area contributed by atoms with Gasteiger partial charge in [0.1, 0.15) is 11.7 Å². The van der Waals surface area contributed by atoms with Gasteiger partial charge in [0.25, 0.3) is 0 Å². The summed E-state index contributed by atoms with van der Waals surface area (Å²) in [6.45, 7) is 4.40. The van der Waals surface area contributed by atoms with Crippen LogP contribution in [0.15, 0.2) is 72.8 Å². The van der Waals surface area contributed by atoms with Crippen molar-refractivity contribution in [1.29, 1.82) is 0 Å². The standard InChI is InChI=1S/C34H41F3O7/c1-3-41-23-8-4-5-9-25-43-32(39)30-12-6-7-21-33(30,34(35,36)37)44-31(38)28-15-13-26(14-16-28)27-17-19-29(20-18-27)42-24-11-10-22-40-2/h6-7,12-21,30H,3-5,8-11,22-25H2,1-2H3/t30?,33-/m1/s1. The highest BCUT2D eigenvalue weighted by atomic mass is 19.4. The van der Waals surface area contributed by atoms with Crippen molar-refractivity contribution < 1.29 is 46.4 Å². The Labute approximate surface area is 257 Å². The number of carbonyl (C=O) groups is 2. The number of alkyl halides is 3. The Bertz CT molecular complexity index is 1220. The maximum atomic E-state index is 14.5. The molecule has 2 aromatic carbocycles. The molecule has 1 aliphatic rings. The summed E-state index contributed by atoms with van der Waals surface area (Å²) >= 11 is 0. The van der Waals surface area contributed by atoms with Crippen LogP contribution in [0.4, 0.5) is 13.2 Å². The van der Waals surface area contributed by atoms with Gasteiger partial charge in [0.2, 0.25) is 5.60 Å². The first kappa shape index (κ1) is 34.9. The molecule has 240 valence electrons. The third kappa shape index (κ3) is 9.95. The van der Waals surface area contributed by atoms with Gasteiger partial charge in [-0.1, -0.05) is 48.9 Å². The van der Waals surface area contributed by atoms with E-state index in [-0.39, 0.29) is 12.2 Å². The highest BCUT2D eigenvalue weighted by molar-refractivity contribution is 5.91. The highest BCUT2D eigenvalue weighted by Crippen LogP contribution is 2.44. The third-order valence-electron chi connectivity index (χ3n) is 7.13. The molecule has 44 heavy (non-hydrogen) atoms. The Balaban J connectivity index is 1.62. The minimum atomic E-state index is -5.08. The van der Waals surface area contributed by atoms with Crippen molar-refractivity contribution in [3.63, 3.8) is 0 Å². The summed E-state index contributed by atoms with van der Waals surface area (Å²) in [6, 6.07) is 13.4. The van der Waals surface area contributed by atoms with E-state index in [1.54, 1.807) is 19.2 Å². The lowest BCUT2D eigenvalue weighted by Crippen LogP contribution is -2.56. The predicted molar refractivity (Wildman–Crippen MR) is 160 cm³/mol. The van der Waals surface area contributed by atoms with Crippen molar-refractivity contribution in [2.24, 2.45) is 5.92 Å². The maximum absolute atomic E-state index is 14.5. The van der Waals surface area contributed by atoms with Gasteiger partial charge in [0.05, 0.1) is 18.8 Å². The molecule has 7 nitrogen and oxygen atoms in total. The molecule has 0 aliphatic heterocycles. The number of hydrogen-bond acceptors (Lipinski definition) is 7. The number of benzene rings is 2. The molecule has 0 amide bonds. The van der Waals surface area contributed by atoms with Gasteiger partial charge in [-0.05, 0) is 80.5 Å². The van der Waals surface area contributed by atoms with Crippen LogP contribution < -0.4 is 4.74 Å². The summed E-state index contributed by atoms with van der Waals surface area (Å²) in [5, 5.41) is 0. The van der Waals surface area contributed by atoms with E-state index in [1.807, 2.05) is 31.2 Å². The zero-order valence-electron chi connectivity index (χ0n) is 25.3. The molecule has 0 saturated heterocycles. The van der Waals surface area contributed by atoms with Gasteiger partial charge in [-0.3, -0.25) is 4.79 Å². The van der Waals surface area contributed by atoms with Crippen LogP contribution in [0.5, 0.6) is 5.75 Å². The van der Waals surface area contributed by atoms with Crippen molar-refractivity contribution >= 4 is 11.9 Å². The van der Waals surface area contributed by atoms with Gasteiger partial charge in [0.15, 0.2) is 0 Å². The fraction of sp³-hybridized carbons (Fsp3) is 0.471. The summed E-state index contributed by atoms with van der Waals surface area (Å²) in [4.78, 5) is 25.9. The molecule has 0 N–H and O–H groups in total. The second-order valence-corrected chi connectivity index (χ2v) is 10.3. The number of methoxy groups -OCH3 is 1. The monoisotopic (exact) mass is 618 g/mol. The van der Waals surface area contributed by atoms with Crippen molar-refractivity contribution in [2.75, 3.05) is 40.1 Å². The molecule has 0 heterocycles. The molecule has 2 atom stereocenters. The zero-order chi connectivity index (χ0) is 31.8. The molecule has 0 spiro atoms. The fourth-order valence-electron chi connectivity index (χ4n) is 4.66. The first-order chi connectivity index (χ1) is 21.2. The molecule has 3 rings (SSSR count). The van der Waals surface area contributed by atoms with Crippen LogP contribution in [-0.4, -0.2) is 63.9 Å². The van der Waals surface area contributed by atoms with E-state index in [0.29, 0.717) is 44.7 Å². The number of halogens is 3. The van der Waals surface area contributed by atoms with Crippen molar-refractivity contribution in [2.45, 2.75) is 57.2 Å². The quantitative estimate of drug-likeness (QED) is 0.126. The zero-order valence-corrected chi connectivity index (χ0v) is 25.3. The van der Waals surface area contributed by atoms with E-state index in [1.165, 1.54) is 18.2 Å². The van der Waals surface area contributed by atoms with Gasteiger partial charge in [0, 0.05) is 26.9 Å². The lowest BCUT2D eigenvalue weighted by molar-refractivity contribution is -0.254. The third-order valence-corrected chi connectivity index (χ3v) is 7.13. The summed E-state index contributed by atoms with van der Waals surface area (Å²) in [7, 11) is 1.66. The van der Waals surface area contributed by atoms with E-state index in [4.69, 9.17) is 23.7 Å². The van der Waals surface area contributed by atoms with Crippen molar-refractivity contribution in [3.8, 4) is 16.9 Å². The molecule has 1 unspecified atom stereocenters. The van der Waals surface area contributed by atoms with Crippen LogP contribution in [0.1, 0.15) is 55.8 Å². The largest absolute Gasteiger partial charge is 0.494 e. The molecule has 10 heteroatoms. The number of rotatable bonds is 18. The van der Waals surface area contributed by atoms with Gasteiger partial charge < -0.3 is 23.7 Å². The number of allylic oxidation sites excluding steroid dienone is 2. The van der Waals surface area contributed by atoms with E-state index < -0.39 is 29.6 Å². The van der Waals surface area contributed by atoms with Crippen LogP contribution in [0.3, 0.4) is 0 Å². The van der Waals surface area contributed by atoms with Crippen LogP contribution in [0.25, 0.3) is 11.1 Å². The first-order valence-corrected chi connectivity index (χ1v) is 14.9. The smallest absolute Gasteiger partial charge is 0.433 e. The van der Waals surface area contributed by atoms with Gasteiger partial charge in [-0.15, -0.1) is 0 Å². The Morgan fingerprint density at radius 2 is 1.41 bits per heavy atom. The van der Waals surface area contributed by atoms with Gasteiger partial charge in [-0.2, -0.15) is 13.2 Å². The summed E-state index contributed by atoms with van der Waals surface area (Å²) in [5.74, 6) is -3.49. The molecule has 1 aliphatic carbocycles. The van der Waals surface area contributed by atoms with Crippen LogP contribution >= 0.6 is 0 Å². The van der Waals surface area contributed by atoms with Crippen LogP contribution in [0.2, 0.25) is 0 Å². The molecule has 0 fully saturated rings. The van der Waals surface area contributed by atoms with E-state index in [9.17, 15) is 22.8 Å². The van der Waals surface area contributed by atoms with E-state index >= 15 is 0 Å². The van der Waals surface area contributed by atoms with E-state index in [0.717, 1.165) is 55.4 Å². The average Bonchev–Trinajstić information content (AvgIpc) is 3.02.